The van der Waals surface area contributed by atoms with Crippen LogP contribution in [0.4, 0.5) is 0 Å². The van der Waals surface area contributed by atoms with Crippen molar-refractivity contribution in [1.82, 2.24) is 20.7 Å². The Morgan fingerprint density at radius 3 is 2.52 bits per heavy atom. The molecule has 0 aliphatic heterocycles. The van der Waals surface area contributed by atoms with Gasteiger partial charge >= 0.3 is 0 Å². The van der Waals surface area contributed by atoms with Gasteiger partial charge in [-0.1, -0.05) is 58.7 Å². The van der Waals surface area contributed by atoms with Gasteiger partial charge in [-0.15, -0.1) is 0 Å². The van der Waals surface area contributed by atoms with Crippen LogP contribution in [0.25, 0.3) is 11.3 Å². The zero-order chi connectivity index (χ0) is 22.4. The van der Waals surface area contributed by atoms with Gasteiger partial charge in [-0.3, -0.25) is 9.59 Å². The minimum atomic E-state index is -0.880. The van der Waals surface area contributed by atoms with Crippen LogP contribution in [0, 0.1) is 0 Å². The van der Waals surface area contributed by atoms with Crippen molar-refractivity contribution in [3.63, 3.8) is 0 Å². The number of aromatic nitrogens is 1. The summed E-state index contributed by atoms with van der Waals surface area (Å²) in [7, 11) is 3.83. The van der Waals surface area contributed by atoms with Gasteiger partial charge in [0.05, 0.1) is 5.02 Å². The maximum atomic E-state index is 12.8. The summed E-state index contributed by atoms with van der Waals surface area (Å²) in [5, 5.41) is 10.3. The van der Waals surface area contributed by atoms with E-state index in [2.05, 4.69) is 15.8 Å². The molecule has 0 aliphatic carbocycles. The molecule has 3 rings (SSSR count). The fraction of sp³-hybridized carbons (Fsp3) is 0.227. The van der Waals surface area contributed by atoms with E-state index in [1.54, 1.807) is 42.5 Å². The lowest BCUT2D eigenvalue weighted by Gasteiger charge is -2.19. The predicted molar refractivity (Wildman–Crippen MR) is 120 cm³/mol. The van der Waals surface area contributed by atoms with Crippen LogP contribution >= 0.6 is 23.2 Å². The van der Waals surface area contributed by atoms with E-state index in [0.717, 1.165) is 0 Å². The highest BCUT2D eigenvalue weighted by Gasteiger charge is 2.25. The van der Waals surface area contributed by atoms with Crippen molar-refractivity contribution in [2.24, 2.45) is 0 Å². The molecule has 1 atom stereocenters. The third-order valence-corrected chi connectivity index (χ3v) is 5.02. The molecule has 0 aliphatic rings. The topological polar surface area (TPSA) is 87.5 Å². The van der Waals surface area contributed by atoms with Crippen LogP contribution in [0.1, 0.15) is 22.1 Å². The summed E-state index contributed by atoms with van der Waals surface area (Å²) in [5.41, 5.74) is 1.24. The number of halogens is 2. The molecule has 2 aromatic carbocycles. The second-order valence-electron chi connectivity index (χ2n) is 7.11. The van der Waals surface area contributed by atoms with Crippen LogP contribution in [0.2, 0.25) is 10.0 Å². The molecule has 7 nitrogen and oxygen atoms in total. The van der Waals surface area contributed by atoms with Crippen molar-refractivity contribution >= 4 is 35.0 Å². The van der Waals surface area contributed by atoms with Gasteiger partial charge in [-0.2, -0.15) is 0 Å². The number of nitrogens with zero attached hydrogens (tertiary/aromatic N) is 2. The van der Waals surface area contributed by atoms with Crippen LogP contribution in [-0.2, 0) is 4.79 Å². The van der Waals surface area contributed by atoms with E-state index in [-0.39, 0.29) is 11.6 Å². The van der Waals surface area contributed by atoms with Gasteiger partial charge < -0.3 is 20.1 Å². The molecule has 0 fully saturated rings. The van der Waals surface area contributed by atoms with Crippen LogP contribution in [0.5, 0.6) is 0 Å². The average molecular weight is 461 g/mol. The number of rotatable bonds is 8. The summed E-state index contributed by atoms with van der Waals surface area (Å²) in [6, 6.07) is 14.5. The normalized spacial score (nSPS) is 11.9. The van der Waals surface area contributed by atoms with Crippen LogP contribution in [0.3, 0.4) is 0 Å². The number of carbonyl (C=O) groups excluding carboxylic acids is 2. The Kier molecular flexibility index (Phi) is 7.68. The summed E-state index contributed by atoms with van der Waals surface area (Å²) in [5.74, 6) is -0.541. The molecule has 0 bridgehead atoms. The Bertz CT molecular complexity index is 1050. The molecule has 1 unspecified atom stereocenters. The monoisotopic (exact) mass is 460 g/mol. The molecule has 3 aromatic rings. The number of hydrogen-bond donors (Lipinski definition) is 2. The van der Waals surface area contributed by atoms with Crippen molar-refractivity contribution in [3.05, 3.63) is 75.9 Å². The summed E-state index contributed by atoms with van der Waals surface area (Å²) in [6.07, 6.45) is 0. The summed E-state index contributed by atoms with van der Waals surface area (Å²) in [4.78, 5) is 27.6. The molecule has 2 amide bonds. The fourth-order valence-electron chi connectivity index (χ4n) is 2.85. The minimum Gasteiger partial charge on any atom is -0.355 e. The summed E-state index contributed by atoms with van der Waals surface area (Å²) >= 11 is 12.1. The number of carbonyl (C=O) groups is 2. The van der Waals surface area contributed by atoms with Gasteiger partial charge in [-0.25, -0.2) is 0 Å². The number of nitrogens with one attached hydrogen (secondary N) is 2. The summed E-state index contributed by atoms with van der Waals surface area (Å²) in [6.45, 7) is 1.13. The van der Waals surface area contributed by atoms with Gasteiger partial charge in [0, 0.05) is 29.7 Å². The molecule has 1 heterocycles. The smallest absolute Gasteiger partial charge is 0.274 e. The Labute approximate surface area is 190 Å². The van der Waals surface area contributed by atoms with Crippen LogP contribution < -0.4 is 10.6 Å². The van der Waals surface area contributed by atoms with Crippen LogP contribution in [-0.4, -0.2) is 49.1 Å². The SMILES string of the molecule is CN(C)CCNC(=O)C(NC(=O)c1cc(-c2ccc(Cl)cc2Cl)on1)c1ccccc1. The highest BCUT2D eigenvalue weighted by atomic mass is 35.5. The first-order chi connectivity index (χ1) is 14.8. The van der Waals surface area contributed by atoms with Crippen molar-refractivity contribution in [1.29, 1.82) is 0 Å². The molecule has 162 valence electrons. The Balaban J connectivity index is 1.77. The van der Waals surface area contributed by atoms with Gasteiger partial charge in [-0.05, 0) is 37.9 Å². The van der Waals surface area contributed by atoms with Gasteiger partial charge in [0.1, 0.15) is 6.04 Å². The summed E-state index contributed by atoms with van der Waals surface area (Å²) < 4.78 is 5.29. The van der Waals surface area contributed by atoms with Gasteiger partial charge in [0.15, 0.2) is 11.5 Å². The Morgan fingerprint density at radius 2 is 1.84 bits per heavy atom. The number of benzene rings is 2. The zero-order valence-corrected chi connectivity index (χ0v) is 18.6. The first-order valence-corrected chi connectivity index (χ1v) is 10.3. The molecule has 2 N–H and O–H groups in total. The first kappa shape index (κ1) is 22.8. The highest BCUT2D eigenvalue weighted by molar-refractivity contribution is 6.36. The van der Waals surface area contributed by atoms with Crippen molar-refractivity contribution < 1.29 is 14.1 Å². The average Bonchev–Trinajstić information content (AvgIpc) is 3.22. The quantitative estimate of drug-likeness (QED) is 0.533. The Hall–Kier alpha value is -2.87. The minimum absolute atomic E-state index is 0.0306. The van der Waals surface area contributed by atoms with E-state index in [4.69, 9.17) is 27.7 Å². The third kappa shape index (κ3) is 6.07. The van der Waals surface area contributed by atoms with E-state index in [9.17, 15) is 9.59 Å². The lowest BCUT2D eigenvalue weighted by Crippen LogP contribution is -2.42. The predicted octanol–water partition coefficient (Wildman–Crippen LogP) is 3.80. The maximum Gasteiger partial charge on any atom is 0.274 e. The molecular weight excluding hydrogens is 439 g/mol. The standard InChI is InChI=1S/C22H22Cl2N4O3/c1-28(2)11-10-25-22(30)20(14-6-4-3-5-7-14)26-21(29)18-13-19(31-27-18)16-9-8-15(23)12-17(16)24/h3-9,12-13,20H,10-11H2,1-2H3,(H,25,30)(H,26,29). The second-order valence-corrected chi connectivity index (χ2v) is 7.96. The highest BCUT2D eigenvalue weighted by Crippen LogP contribution is 2.30. The van der Waals surface area contributed by atoms with E-state index in [0.29, 0.717) is 40.0 Å². The van der Waals surface area contributed by atoms with E-state index >= 15 is 0 Å². The molecule has 1 aromatic heterocycles. The van der Waals surface area contributed by atoms with Gasteiger partial charge in [0.2, 0.25) is 5.91 Å². The molecule has 0 saturated heterocycles. The first-order valence-electron chi connectivity index (χ1n) is 9.55. The molecule has 31 heavy (non-hydrogen) atoms. The molecule has 0 saturated carbocycles. The lowest BCUT2D eigenvalue weighted by molar-refractivity contribution is -0.123. The molecule has 9 heteroatoms. The van der Waals surface area contributed by atoms with Crippen molar-refractivity contribution in [2.45, 2.75) is 6.04 Å². The molecule has 0 spiro atoms. The van der Waals surface area contributed by atoms with E-state index in [1.165, 1.54) is 6.07 Å². The van der Waals surface area contributed by atoms with Crippen molar-refractivity contribution in [2.75, 3.05) is 27.2 Å². The zero-order valence-electron chi connectivity index (χ0n) is 17.1. The van der Waals surface area contributed by atoms with E-state index < -0.39 is 11.9 Å². The number of likely N-dealkylation sites (N-methyl/N-ethyl adjacent to an activating group) is 1. The molecule has 0 radical (unpaired) electrons. The van der Waals surface area contributed by atoms with Gasteiger partial charge in [0.25, 0.3) is 5.91 Å². The molecular formula is C22H22Cl2N4O3. The maximum absolute atomic E-state index is 12.8. The van der Waals surface area contributed by atoms with E-state index in [1.807, 2.05) is 25.1 Å². The fourth-order valence-corrected chi connectivity index (χ4v) is 3.36. The Morgan fingerprint density at radius 1 is 1.10 bits per heavy atom. The lowest BCUT2D eigenvalue weighted by atomic mass is 10.1. The van der Waals surface area contributed by atoms with Crippen LogP contribution in [0.15, 0.2) is 59.1 Å². The van der Waals surface area contributed by atoms with Crippen molar-refractivity contribution in [3.8, 4) is 11.3 Å². The number of hydrogen-bond acceptors (Lipinski definition) is 5. The second kappa shape index (κ2) is 10.4. The largest absolute Gasteiger partial charge is 0.355 e. The third-order valence-electron chi connectivity index (χ3n) is 4.47. The number of amides is 2.